The fourth-order valence-electron chi connectivity index (χ4n) is 3.45. The third-order valence-electron chi connectivity index (χ3n) is 4.95. The average molecular weight is 304 g/mol. The zero-order valence-electron chi connectivity index (χ0n) is 13.0. The maximum absolute atomic E-state index is 12.1. The van der Waals surface area contributed by atoms with Gasteiger partial charge in [0.2, 0.25) is 0 Å². The van der Waals surface area contributed by atoms with Crippen molar-refractivity contribution in [2.24, 2.45) is 5.41 Å². The molecule has 2 aliphatic rings. The van der Waals surface area contributed by atoms with Crippen molar-refractivity contribution in [3.63, 3.8) is 0 Å². The van der Waals surface area contributed by atoms with Crippen LogP contribution in [0, 0.1) is 5.41 Å². The van der Waals surface area contributed by atoms with Gasteiger partial charge in [-0.15, -0.1) is 0 Å². The summed E-state index contributed by atoms with van der Waals surface area (Å²) in [6, 6.07) is 7.84. The van der Waals surface area contributed by atoms with E-state index >= 15 is 0 Å². The van der Waals surface area contributed by atoms with E-state index in [-0.39, 0.29) is 30.2 Å². The molecule has 1 saturated carbocycles. The first kappa shape index (κ1) is 15.2. The molecule has 0 radical (unpaired) electrons. The van der Waals surface area contributed by atoms with Crippen LogP contribution in [0.5, 0.6) is 5.75 Å². The summed E-state index contributed by atoms with van der Waals surface area (Å²) in [5.41, 5.74) is 0.996. The van der Waals surface area contributed by atoms with Crippen LogP contribution in [0.2, 0.25) is 0 Å². The molecule has 2 amide bonds. The van der Waals surface area contributed by atoms with E-state index in [0.29, 0.717) is 6.54 Å². The molecule has 3 unspecified atom stereocenters. The number of rotatable bonds is 4. The Kier molecular flexibility index (Phi) is 4.25. The number of para-hydroxylation sites is 1. The van der Waals surface area contributed by atoms with Gasteiger partial charge < -0.3 is 20.5 Å². The van der Waals surface area contributed by atoms with Crippen molar-refractivity contribution < 1.29 is 14.6 Å². The van der Waals surface area contributed by atoms with Crippen LogP contribution in [0.25, 0.3) is 0 Å². The molecule has 3 N–H and O–H groups in total. The number of amides is 2. The van der Waals surface area contributed by atoms with Crippen molar-refractivity contribution in [2.75, 3.05) is 13.2 Å². The second-order valence-corrected chi connectivity index (χ2v) is 6.66. The van der Waals surface area contributed by atoms with Crippen LogP contribution < -0.4 is 15.4 Å². The first-order valence-electron chi connectivity index (χ1n) is 8.00. The minimum absolute atomic E-state index is 0.00375. The van der Waals surface area contributed by atoms with Crippen molar-refractivity contribution in [3.8, 4) is 5.75 Å². The van der Waals surface area contributed by atoms with Gasteiger partial charge in [-0.3, -0.25) is 0 Å². The molecule has 1 aliphatic heterocycles. The highest BCUT2D eigenvalue weighted by molar-refractivity contribution is 5.74. The van der Waals surface area contributed by atoms with Crippen molar-refractivity contribution in [1.29, 1.82) is 0 Å². The quantitative estimate of drug-likeness (QED) is 0.795. The highest BCUT2D eigenvalue weighted by Gasteiger charge is 2.39. The Morgan fingerprint density at radius 1 is 1.45 bits per heavy atom. The largest absolute Gasteiger partial charge is 0.488 e. The van der Waals surface area contributed by atoms with Crippen LogP contribution >= 0.6 is 0 Å². The number of ether oxygens (including phenoxy) is 1. The first-order valence-corrected chi connectivity index (χ1v) is 8.00. The Labute approximate surface area is 131 Å². The van der Waals surface area contributed by atoms with Gasteiger partial charge >= 0.3 is 6.03 Å². The Morgan fingerprint density at radius 3 is 3.05 bits per heavy atom. The van der Waals surface area contributed by atoms with Crippen LogP contribution in [0.15, 0.2) is 24.3 Å². The van der Waals surface area contributed by atoms with Gasteiger partial charge in [0.25, 0.3) is 0 Å². The summed E-state index contributed by atoms with van der Waals surface area (Å²) < 4.78 is 5.81. The molecule has 120 valence electrons. The van der Waals surface area contributed by atoms with E-state index in [2.05, 4.69) is 16.7 Å². The topological polar surface area (TPSA) is 70.6 Å². The molecule has 1 heterocycles. The molecule has 0 bridgehead atoms. The number of benzene rings is 1. The van der Waals surface area contributed by atoms with Gasteiger partial charge in [0.15, 0.2) is 0 Å². The fourth-order valence-corrected chi connectivity index (χ4v) is 3.45. The number of aliphatic hydroxyl groups is 1. The first-order chi connectivity index (χ1) is 10.6. The van der Waals surface area contributed by atoms with Crippen molar-refractivity contribution >= 4 is 6.03 Å². The van der Waals surface area contributed by atoms with Gasteiger partial charge in [-0.05, 0) is 24.5 Å². The number of urea groups is 1. The Hall–Kier alpha value is -1.75. The number of fused-ring (bicyclic) bond motifs is 1. The van der Waals surface area contributed by atoms with E-state index in [9.17, 15) is 9.90 Å². The van der Waals surface area contributed by atoms with E-state index in [0.717, 1.165) is 31.4 Å². The third-order valence-corrected chi connectivity index (χ3v) is 4.95. The summed E-state index contributed by atoms with van der Waals surface area (Å²) in [7, 11) is 0. The SMILES string of the molecule is CC1(CO)CCCC1NC(=O)NCC1Cc2ccccc2O1. The number of nitrogens with one attached hydrogen (secondary N) is 2. The van der Waals surface area contributed by atoms with Gasteiger partial charge in [-0.25, -0.2) is 4.79 Å². The minimum Gasteiger partial charge on any atom is -0.488 e. The zero-order chi connectivity index (χ0) is 15.6. The lowest BCUT2D eigenvalue weighted by Crippen LogP contribution is -2.50. The average Bonchev–Trinajstić information content (AvgIpc) is 3.09. The zero-order valence-corrected chi connectivity index (χ0v) is 13.0. The molecule has 5 heteroatoms. The lowest BCUT2D eigenvalue weighted by atomic mass is 9.86. The Balaban J connectivity index is 1.46. The molecule has 0 spiro atoms. The van der Waals surface area contributed by atoms with E-state index in [1.807, 2.05) is 25.1 Å². The van der Waals surface area contributed by atoms with Crippen molar-refractivity contribution in [3.05, 3.63) is 29.8 Å². The molecule has 1 aromatic rings. The summed E-state index contributed by atoms with van der Waals surface area (Å²) in [5, 5.41) is 15.4. The van der Waals surface area contributed by atoms with E-state index < -0.39 is 0 Å². The third kappa shape index (κ3) is 3.04. The van der Waals surface area contributed by atoms with Crippen LogP contribution in [-0.2, 0) is 6.42 Å². The molecule has 22 heavy (non-hydrogen) atoms. The highest BCUT2D eigenvalue weighted by Crippen LogP contribution is 2.37. The van der Waals surface area contributed by atoms with E-state index in [1.54, 1.807) is 0 Å². The summed E-state index contributed by atoms with van der Waals surface area (Å²) in [6.07, 6.45) is 3.75. The summed E-state index contributed by atoms with van der Waals surface area (Å²) >= 11 is 0. The standard InChI is InChI=1S/C17H24N2O3/c1-17(11-20)8-4-7-15(17)19-16(21)18-10-13-9-12-5-2-3-6-14(12)22-13/h2-3,5-6,13,15,20H,4,7-11H2,1H3,(H2,18,19,21). The minimum atomic E-state index is -0.197. The molecule has 3 rings (SSSR count). The molecule has 5 nitrogen and oxygen atoms in total. The van der Waals surface area contributed by atoms with Crippen LogP contribution in [0.4, 0.5) is 4.79 Å². The summed E-state index contributed by atoms with van der Waals surface area (Å²) in [5.74, 6) is 0.915. The number of hydrogen-bond donors (Lipinski definition) is 3. The second-order valence-electron chi connectivity index (χ2n) is 6.66. The van der Waals surface area contributed by atoms with Gasteiger partial charge in [0.1, 0.15) is 11.9 Å². The van der Waals surface area contributed by atoms with Crippen molar-refractivity contribution in [1.82, 2.24) is 10.6 Å². The second kappa shape index (κ2) is 6.16. The predicted octanol–water partition coefficient (Wildman–Crippen LogP) is 1.84. The summed E-state index contributed by atoms with van der Waals surface area (Å²) in [4.78, 5) is 12.1. The number of carbonyl (C=O) groups is 1. The molecule has 0 aromatic heterocycles. The maximum atomic E-state index is 12.1. The number of aliphatic hydroxyl groups excluding tert-OH is 1. The molecule has 3 atom stereocenters. The van der Waals surface area contributed by atoms with Gasteiger partial charge in [-0.1, -0.05) is 31.5 Å². The monoisotopic (exact) mass is 304 g/mol. The molecular weight excluding hydrogens is 280 g/mol. The van der Waals surface area contributed by atoms with Crippen molar-refractivity contribution in [2.45, 2.75) is 44.8 Å². The van der Waals surface area contributed by atoms with Crippen LogP contribution in [0.3, 0.4) is 0 Å². The number of carbonyl (C=O) groups excluding carboxylic acids is 1. The lowest BCUT2D eigenvalue weighted by molar-refractivity contribution is 0.120. The number of hydrogen-bond acceptors (Lipinski definition) is 3. The maximum Gasteiger partial charge on any atom is 0.315 e. The van der Waals surface area contributed by atoms with Crippen LogP contribution in [0.1, 0.15) is 31.7 Å². The molecule has 1 aromatic carbocycles. The van der Waals surface area contributed by atoms with Gasteiger partial charge in [0, 0.05) is 17.9 Å². The van der Waals surface area contributed by atoms with Crippen LogP contribution in [-0.4, -0.2) is 36.4 Å². The Bertz CT molecular complexity index is 523. The lowest BCUT2D eigenvalue weighted by Gasteiger charge is -2.30. The molecular formula is C17H24N2O3. The fraction of sp³-hybridized carbons (Fsp3) is 0.588. The normalized spacial score (nSPS) is 29.7. The smallest absolute Gasteiger partial charge is 0.315 e. The molecule has 0 saturated heterocycles. The highest BCUT2D eigenvalue weighted by atomic mass is 16.5. The molecule has 1 aliphatic carbocycles. The summed E-state index contributed by atoms with van der Waals surface area (Å²) in [6.45, 7) is 2.63. The molecule has 1 fully saturated rings. The van der Waals surface area contributed by atoms with Gasteiger partial charge in [-0.2, -0.15) is 0 Å². The Morgan fingerprint density at radius 2 is 2.27 bits per heavy atom. The van der Waals surface area contributed by atoms with Gasteiger partial charge in [0.05, 0.1) is 13.2 Å². The van der Waals surface area contributed by atoms with E-state index in [1.165, 1.54) is 5.56 Å². The predicted molar refractivity (Wildman–Crippen MR) is 83.9 cm³/mol. The van der Waals surface area contributed by atoms with E-state index in [4.69, 9.17) is 4.74 Å².